The zero-order valence-electron chi connectivity index (χ0n) is 13.3. The molecule has 136 valence electrons. The number of sulfonamides is 1. The van der Waals surface area contributed by atoms with Gasteiger partial charge in [0.25, 0.3) is 0 Å². The molecule has 0 N–H and O–H groups in total. The number of hydrogen-bond acceptors (Lipinski definition) is 5. The Morgan fingerprint density at radius 3 is 2.52 bits per heavy atom. The molecule has 0 radical (unpaired) electrons. The van der Waals surface area contributed by atoms with Crippen LogP contribution in [0.15, 0.2) is 41.8 Å². The minimum atomic E-state index is -3.67. The number of benzene rings is 1. The fraction of sp³-hybridized carbons (Fsp3) is 0.375. The minimum absolute atomic E-state index is 0.0479. The highest BCUT2D eigenvalue weighted by atomic mass is 32.2. The van der Waals surface area contributed by atoms with Crippen LogP contribution in [0.2, 0.25) is 0 Å². The molecule has 1 aliphatic heterocycles. The van der Waals surface area contributed by atoms with E-state index in [4.69, 9.17) is 0 Å². The van der Waals surface area contributed by atoms with E-state index in [0.29, 0.717) is 5.56 Å². The summed E-state index contributed by atoms with van der Waals surface area (Å²) in [5, 5.41) is 1.16. The van der Waals surface area contributed by atoms with Crippen molar-refractivity contribution in [3.05, 3.63) is 58.0 Å². The lowest BCUT2D eigenvalue weighted by Crippen LogP contribution is -2.34. The van der Waals surface area contributed by atoms with Gasteiger partial charge >= 0.3 is 0 Å². The first-order valence-electron chi connectivity index (χ1n) is 7.75. The second kappa shape index (κ2) is 7.14. The van der Waals surface area contributed by atoms with Crippen LogP contribution in [0.1, 0.15) is 22.1 Å². The molecule has 2 heterocycles. The van der Waals surface area contributed by atoms with Crippen molar-refractivity contribution in [3.63, 3.8) is 0 Å². The van der Waals surface area contributed by atoms with Gasteiger partial charge in [-0.3, -0.25) is 0 Å². The average molecular weight is 404 g/mol. The van der Waals surface area contributed by atoms with Gasteiger partial charge in [0.15, 0.2) is 9.84 Å². The molecule has 1 aromatic heterocycles. The zero-order chi connectivity index (χ0) is 18.1. The highest BCUT2D eigenvalue weighted by Gasteiger charge is 2.35. The van der Waals surface area contributed by atoms with Gasteiger partial charge in [0.1, 0.15) is 5.82 Å². The van der Waals surface area contributed by atoms with Gasteiger partial charge in [-0.05, 0) is 35.6 Å². The number of rotatable bonds is 4. The molecule has 2 aromatic rings. The van der Waals surface area contributed by atoms with Gasteiger partial charge in [-0.1, -0.05) is 18.2 Å². The first-order valence-corrected chi connectivity index (χ1v) is 12.0. The predicted octanol–water partition coefficient (Wildman–Crippen LogP) is 2.58. The third-order valence-electron chi connectivity index (χ3n) is 4.22. The molecule has 1 saturated heterocycles. The molecule has 1 aromatic carbocycles. The van der Waals surface area contributed by atoms with E-state index in [9.17, 15) is 21.2 Å². The average Bonchev–Trinajstić information content (AvgIpc) is 3.00. The van der Waals surface area contributed by atoms with Crippen molar-refractivity contribution in [1.29, 1.82) is 0 Å². The Kier molecular flexibility index (Phi) is 5.29. The Hall–Kier alpha value is -1.29. The summed E-state index contributed by atoms with van der Waals surface area (Å²) in [6.45, 7) is 0.110. The Balaban J connectivity index is 1.78. The highest BCUT2D eigenvalue weighted by Crippen LogP contribution is 2.33. The Morgan fingerprint density at radius 2 is 1.88 bits per heavy atom. The summed E-state index contributed by atoms with van der Waals surface area (Å²) in [4.78, 5) is 0.748. The SMILES string of the molecule is O=S1(=O)CCN(S(=O)(=O)Cc2ccc(F)cc2)CCC1c1cccs1. The summed E-state index contributed by atoms with van der Waals surface area (Å²) in [6, 6.07) is 8.85. The van der Waals surface area contributed by atoms with E-state index in [0.717, 1.165) is 4.88 Å². The van der Waals surface area contributed by atoms with E-state index in [1.54, 1.807) is 12.1 Å². The number of sulfone groups is 1. The van der Waals surface area contributed by atoms with E-state index in [2.05, 4.69) is 0 Å². The number of hydrogen-bond donors (Lipinski definition) is 0. The Morgan fingerprint density at radius 1 is 1.16 bits per heavy atom. The van der Waals surface area contributed by atoms with Crippen LogP contribution in [0, 0.1) is 5.82 Å². The van der Waals surface area contributed by atoms with Crippen LogP contribution in [0.5, 0.6) is 0 Å². The van der Waals surface area contributed by atoms with Crippen molar-refractivity contribution in [3.8, 4) is 0 Å². The lowest BCUT2D eigenvalue weighted by atomic mass is 10.2. The summed E-state index contributed by atoms with van der Waals surface area (Å²) >= 11 is 1.37. The maximum Gasteiger partial charge on any atom is 0.218 e. The highest BCUT2D eigenvalue weighted by molar-refractivity contribution is 7.92. The van der Waals surface area contributed by atoms with Crippen LogP contribution in [0.25, 0.3) is 0 Å². The molecule has 0 aliphatic carbocycles. The molecule has 1 aliphatic rings. The summed E-state index contributed by atoms with van der Waals surface area (Å²) in [7, 11) is -7.07. The lowest BCUT2D eigenvalue weighted by molar-refractivity contribution is 0.427. The van der Waals surface area contributed by atoms with Crippen LogP contribution in [-0.4, -0.2) is 40.0 Å². The number of nitrogens with zero attached hydrogens (tertiary/aromatic N) is 1. The van der Waals surface area contributed by atoms with E-state index >= 15 is 0 Å². The first kappa shape index (κ1) is 18.5. The summed E-state index contributed by atoms with van der Waals surface area (Å²) in [6.07, 6.45) is 0.242. The molecule has 0 bridgehead atoms. The van der Waals surface area contributed by atoms with E-state index in [1.165, 1.54) is 39.9 Å². The van der Waals surface area contributed by atoms with Crippen molar-refractivity contribution in [2.75, 3.05) is 18.8 Å². The number of halogens is 1. The summed E-state index contributed by atoms with van der Waals surface area (Å²) in [5.74, 6) is -0.893. The second-order valence-corrected chi connectivity index (χ2v) is 11.2. The molecule has 0 saturated carbocycles. The lowest BCUT2D eigenvalue weighted by Gasteiger charge is -2.19. The van der Waals surface area contributed by atoms with E-state index in [-0.39, 0.29) is 31.0 Å². The first-order chi connectivity index (χ1) is 11.8. The van der Waals surface area contributed by atoms with Crippen LogP contribution in [0.3, 0.4) is 0 Å². The van der Waals surface area contributed by atoms with Crippen molar-refractivity contribution in [2.45, 2.75) is 17.4 Å². The van der Waals surface area contributed by atoms with E-state index < -0.39 is 30.9 Å². The fourth-order valence-electron chi connectivity index (χ4n) is 2.88. The van der Waals surface area contributed by atoms with Gasteiger partial charge in [-0.15, -0.1) is 11.3 Å². The third-order valence-corrected chi connectivity index (χ3v) is 9.31. The Bertz CT molecular complexity index is 922. The maximum atomic E-state index is 13.0. The molecule has 5 nitrogen and oxygen atoms in total. The van der Waals surface area contributed by atoms with Crippen molar-refractivity contribution in [2.24, 2.45) is 0 Å². The van der Waals surface area contributed by atoms with Gasteiger partial charge in [-0.25, -0.2) is 25.5 Å². The van der Waals surface area contributed by atoms with Crippen molar-refractivity contribution >= 4 is 31.2 Å². The normalized spacial score (nSPS) is 21.7. The molecule has 9 heteroatoms. The van der Waals surface area contributed by atoms with Crippen LogP contribution in [-0.2, 0) is 25.6 Å². The standard InChI is InChI=1S/C16H18FNO4S3/c17-14-5-3-13(4-6-14)12-25(21,22)18-8-7-16(15-2-1-10-23-15)24(19,20)11-9-18/h1-6,10,16H,7-9,11-12H2. The second-order valence-electron chi connectivity index (χ2n) is 5.94. The Labute approximate surface area is 151 Å². The molecule has 25 heavy (non-hydrogen) atoms. The predicted molar refractivity (Wildman–Crippen MR) is 96.1 cm³/mol. The molecular formula is C16H18FNO4S3. The zero-order valence-corrected chi connectivity index (χ0v) is 15.8. The fourth-order valence-corrected chi connectivity index (χ4v) is 7.55. The van der Waals surface area contributed by atoms with Crippen molar-refractivity contribution in [1.82, 2.24) is 4.31 Å². The molecule has 1 fully saturated rings. The largest absolute Gasteiger partial charge is 0.228 e. The topological polar surface area (TPSA) is 71.5 Å². The quantitative estimate of drug-likeness (QED) is 0.787. The van der Waals surface area contributed by atoms with Gasteiger partial charge < -0.3 is 0 Å². The molecule has 0 spiro atoms. The maximum absolute atomic E-state index is 13.0. The number of thiophene rings is 1. The van der Waals surface area contributed by atoms with Crippen LogP contribution < -0.4 is 0 Å². The molecule has 1 unspecified atom stereocenters. The smallest absolute Gasteiger partial charge is 0.218 e. The monoisotopic (exact) mass is 403 g/mol. The minimum Gasteiger partial charge on any atom is -0.228 e. The van der Waals surface area contributed by atoms with Gasteiger partial charge in [0.05, 0.1) is 16.8 Å². The molecular weight excluding hydrogens is 385 g/mol. The van der Waals surface area contributed by atoms with Crippen LogP contribution in [0.4, 0.5) is 4.39 Å². The van der Waals surface area contributed by atoms with Crippen molar-refractivity contribution < 1.29 is 21.2 Å². The summed E-state index contributed by atoms with van der Waals surface area (Å²) < 4.78 is 64.5. The summed E-state index contributed by atoms with van der Waals surface area (Å²) in [5.41, 5.74) is 0.475. The molecule has 1 atom stereocenters. The van der Waals surface area contributed by atoms with Gasteiger partial charge in [0, 0.05) is 18.0 Å². The molecule has 3 rings (SSSR count). The van der Waals surface area contributed by atoms with Gasteiger partial charge in [-0.2, -0.15) is 0 Å². The third kappa shape index (κ3) is 4.28. The van der Waals surface area contributed by atoms with Gasteiger partial charge in [0.2, 0.25) is 10.0 Å². The molecule has 0 amide bonds. The van der Waals surface area contributed by atoms with Crippen LogP contribution >= 0.6 is 11.3 Å². The van der Waals surface area contributed by atoms with E-state index in [1.807, 2.05) is 5.38 Å².